The zero-order valence-corrected chi connectivity index (χ0v) is 7.50. The van der Waals surface area contributed by atoms with Crippen molar-refractivity contribution in [2.24, 2.45) is 0 Å². The second-order valence-corrected chi connectivity index (χ2v) is 2.75. The van der Waals surface area contributed by atoms with E-state index in [0.29, 0.717) is 17.7 Å². The molecule has 0 rings (SSSR count). The van der Waals surface area contributed by atoms with Crippen LogP contribution in [0.3, 0.4) is 0 Å². The summed E-state index contributed by atoms with van der Waals surface area (Å²) in [5.41, 5.74) is 0.171. The summed E-state index contributed by atoms with van der Waals surface area (Å²) in [6.07, 6.45) is 0.880. The van der Waals surface area contributed by atoms with Gasteiger partial charge in [-0.3, -0.25) is 0 Å². The van der Waals surface area contributed by atoms with Crippen LogP contribution in [0.4, 0.5) is 0 Å². The minimum Gasteiger partial charge on any atom is -0.478 e. The van der Waals surface area contributed by atoms with Gasteiger partial charge in [0, 0.05) is 15.8 Å². The lowest BCUT2D eigenvalue weighted by atomic mass is 10.1. The number of aliphatic carboxylic acids is 1. The van der Waals surface area contributed by atoms with E-state index < -0.39 is 5.97 Å². The fraction of sp³-hybridized carbons (Fsp3) is 0.286. The predicted octanol–water partition coefficient (Wildman–Crippen LogP) is 1.78. The van der Waals surface area contributed by atoms with Gasteiger partial charge in [-0.1, -0.05) is 31.0 Å². The van der Waals surface area contributed by atoms with E-state index >= 15 is 0 Å². The van der Waals surface area contributed by atoms with Crippen LogP contribution in [0.1, 0.15) is 12.8 Å². The Labute approximate surface area is 75.9 Å². The largest absolute Gasteiger partial charge is 0.478 e. The highest BCUT2D eigenvalue weighted by Gasteiger charge is 2.03. The van der Waals surface area contributed by atoms with Crippen molar-refractivity contribution in [2.75, 3.05) is 0 Å². The average Bonchev–Trinajstić information content (AvgIpc) is 1.99. The average molecular weight is 188 g/mol. The van der Waals surface area contributed by atoms with E-state index in [2.05, 4.69) is 18.8 Å². The molecular formula is C7H8O2S2. The summed E-state index contributed by atoms with van der Waals surface area (Å²) in [4.78, 5) is 10.8. The van der Waals surface area contributed by atoms with E-state index in [1.54, 1.807) is 0 Å². The Kier molecular flexibility index (Phi) is 4.81. The van der Waals surface area contributed by atoms with Gasteiger partial charge in [0.1, 0.15) is 0 Å². The number of carboxylic acid groups (broad SMARTS) is 1. The van der Waals surface area contributed by atoms with Crippen LogP contribution in [-0.4, -0.2) is 21.3 Å². The fourth-order valence-corrected chi connectivity index (χ4v) is 0.660. The third kappa shape index (κ3) is 4.75. The molecule has 0 aromatic rings. The molecule has 0 saturated heterocycles. The first-order valence-electron chi connectivity index (χ1n) is 2.97. The molecule has 0 unspecified atom stereocenters. The molecular weight excluding hydrogens is 180 g/mol. The lowest BCUT2D eigenvalue weighted by Gasteiger charge is -1.96. The molecule has 0 bridgehead atoms. The van der Waals surface area contributed by atoms with Crippen molar-refractivity contribution < 1.29 is 9.90 Å². The highest BCUT2D eigenvalue weighted by Crippen LogP contribution is 2.02. The molecule has 1 N–H and O–H groups in total. The van der Waals surface area contributed by atoms with Crippen molar-refractivity contribution in [1.29, 1.82) is 0 Å². The molecule has 11 heavy (non-hydrogen) atoms. The van der Waals surface area contributed by atoms with Crippen molar-refractivity contribution in [3.05, 3.63) is 12.2 Å². The lowest BCUT2D eigenvalue weighted by molar-refractivity contribution is -0.132. The predicted molar refractivity (Wildman–Crippen MR) is 52.3 cm³/mol. The molecule has 2 nitrogen and oxygen atoms in total. The summed E-state index contributed by atoms with van der Waals surface area (Å²) >= 11 is 9.32. The molecule has 0 radical (unpaired) electrons. The van der Waals surface area contributed by atoms with Gasteiger partial charge in [0.15, 0.2) is 0 Å². The van der Waals surface area contributed by atoms with Crippen molar-refractivity contribution in [3.63, 3.8) is 0 Å². The van der Waals surface area contributed by atoms with Gasteiger partial charge in [-0.05, 0) is 12.8 Å². The van der Waals surface area contributed by atoms with Crippen LogP contribution in [0.15, 0.2) is 12.2 Å². The van der Waals surface area contributed by atoms with E-state index in [-0.39, 0.29) is 5.57 Å². The van der Waals surface area contributed by atoms with Gasteiger partial charge in [-0.2, -0.15) is 0 Å². The number of thiocarbonyl (C=S) groups is 2. The van der Waals surface area contributed by atoms with Gasteiger partial charge in [0.25, 0.3) is 0 Å². The van der Waals surface area contributed by atoms with Gasteiger partial charge in [-0.25, -0.2) is 4.79 Å². The number of rotatable bonds is 5. The first-order valence-corrected chi connectivity index (χ1v) is 3.85. The Morgan fingerprint density at radius 2 is 2.09 bits per heavy atom. The van der Waals surface area contributed by atoms with E-state index in [9.17, 15) is 4.79 Å². The molecule has 0 heterocycles. The summed E-state index contributed by atoms with van der Waals surface area (Å²) in [6.45, 7) is 3.35. The van der Waals surface area contributed by atoms with Crippen molar-refractivity contribution >= 4 is 40.6 Å². The molecule has 0 aliphatic carbocycles. The number of carboxylic acids is 1. The zero-order valence-electron chi connectivity index (χ0n) is 5.87. The van der Waals surface area contributed by atoms with E-state index in [4.69, 9.17) is 17.3 Å². The zero-order chi connectivity index (χ0) is 8.85. The Balaban J connectivity index is 3.71. The Hall–Kier alpha value is -0.610. The molecule has 0 amide bonds. The highest BCUT2D eigenvalue weighted by molar-refractivity contribution is 7.88. The van der Waals surface area contributed by atoms with Crippen molar-refractivity contribution in [2.45, 2.75) is 12.8 Å². The second kappa shape index (κ2) is 5.09. The molecule has 0 aliphatic heterocycles. The van der Waals surface area contributed by atoms with Gasteiger partial charge < -0.3 is 5.11 Å². The van der Waals surface area contributed by atoms with Crippen LogP contribution in [-0.2, 0) is 4.79 Å². The Morgan fingerprint density at radius 3 is 2.45 bits per heavy atom. The van der Waals surface area contributed by atoms with Crippen molar-refractivity contribution in [1.82, 2.24) is 0 Å². The standard InChI is InChI=1S/C7H8O2S2/c1-5(7(8)9)2-3-6(11)4-10/h4H,1-3H2,(H,8,9). The Bertz CT molecular complexity index is 208. The molecule has 4 heteroatoms. The lowest BCUT2D eigenvalue weighted by Crippen LogP contribution is -2.02. The number of hydrogen-bond acceptors (Lipinski definition) is 3. The third-order valence-corrected chi connectivity index (χ3v) is 1.86. The summed E-state index contributed by atoms with van der Waals surface area (Å²) in [7, 11) is 0. The van der Waals surface area contributed by atoms with Crippen LogP contribution in [0.25, 0.3) is 0 Å². The van der Waals surface area contributed by atoms with E-state index in [1.807, 2.05) is 0 Å². The smallest absolute Gasteiger partial charge is 0.330 e. The number of carbonyl (C=O) groups is 1. The summed E-state index contributed by atoms with van der Waals surface area (Å²) in [5, 5.41) is 9.77. The van der Waals surface area contributed by atoms with Gasteiger partial charge in [-0.15, -0.1) is 0 Å². The van der Waals surface area contributed by atoms with Gasteiger partial charge in [0.05, 0.1) is 0 Å². The number of hydrogen-bond donors (Lipinski definition) is 1. The molecule has 0 fully saturated rings. The van der Waals surface area contributed by atoms with Crippen LogP contribution in [0.5, 0.6) is 0 Å². The van der Waals surface area contributed by atoms with Crippen LogP contribution < -0.4 is 0 Å². The summed E-state index contributed by atoms with van der Waals surface area (Å²) in [5.74, 6) is -0.975. The van der Waals surface area contributed by atoms with Gasteiger partial charge in [0.2, 0.25) is 0 Å². The quantitative estimate of drug-likeness (QED) is 0.527. The maximum absolute atomic E-state index is 10.2. The topological polar surface area (TPSA) is 37.3 Å². The fourth-order valence-electron chi connectivity index (χ4n) is 0.440. The third-order valence-electron chi connectivity index (χ3n) is 1.11. The molecule has 0 atom stereocenters. The van der Waals surface area contributed by atoms with Crippen LogP contribution in [0, 0.1) is 0 Å². The van der Waals surface area contributed by atoms with E-state index in [1.165, 1.54) is 5.37 Å². The molecule has 0 aliphatic rings. The van der Waals surface area contributed by atoms with Crippen molar-refractivity contribution in [3.8, 4) is 0 Å². The first kappa shape index (κ1) is 10.4. The molecule has 0 spiro atoms. The monoisotopic (exact) mass is 188 g/mol. The highest BCUT2D eigenvalue weighted by atomic mass is 32.1. The van der Waals surface area contributed by atoms with Crippen LogP contribution in [0.2, 0.25) is 0 Å². The molecule has 0 saturated carbocycles. The first-order chi connectivity index (χ1) is 5.07. The summed E-state index contributed by atoms with van der Waals surface area (Å²) < 4.78 is 0. The minimum atomic E-state index is -0.975. The molecule has 0 aromatic carbocycles. The van der Waals surface area contributed by atoms with Crippen LogP contribution >= 0.6 is 24.4 Å². The normalized spacial score (nSPS) is 8.73. The SMILES string of the molecule is C=C(CCC(=S)C=S)C(=O)O. The minimum absolute atomic E-state index is 0.171. The summed E-state index contributed by atoms with van der Waals surface area (Å²) in [6, 6.07) is 0. The molecule has 0 aromatic heterocycles. The Morgan fingerprint density at radius 1 is 1.55 bits per heavy atom. The molecule has 60 valence electrons. The maximum atomic E-state index is 10.2. The van der Waals surface area contributed by atoms with E-state index in [0.717, 1.165) is 0 Å². The van der Waals surface area contributed by atoms with Gasteiger partial charge >= 0.3 is 5.97 Å². The maximum Gasteiger partial charge on any atom is 0.330 e. The second-order valence-electron chi connectivity index (χ2n) is 1.99.